The molecule has 0 aliphatic carbocycles. The van der Waals surface area contributed by atoms with Crippen LogP contribution < -0.4 is 0 Å². The van der Waals surface area contributed by atoms with Crippen LogP contribution in [0.25, 0.3) is 0 Å². The van der Waals surface area contributed by atoms with Crippen LogP contribution in [0.1, 0.15) is 0 Å². The van der Waals surface area contributed by atoms with Gasteiger partial charge in [0.1, 0.15) is 3.32 Å². The molecular formula is C2H3I2O3P. The first kappa shape index (κ1) is 9.35. The number of halogens is 2. The van der Waals surface area contributed by atoms with E-state index in [0.29, 0.717) is 0 Å². The molecule has 0 aliphatic rings. The third-order valence-electron chi connectivity index (χ3n) is 0.368. The van der Waals surface area contributed by atoms with Crippen LogP contribution in [0, 0.1) is 0 Å². The average Bonchev–Trinajstić information content (AvgIpc) is 1.62. The maximum absolute atomic E-state index is 10.2. The summed E-state index contributed by atoms with van der Waals surface area (Å²) in [6.07, 6.45) is 0. The van der Waals surface area contributed by atoms with E-state index in [1.165, 1.54) is 4.08 Å². The fourth-order valence-electron chi connectivity index (χ4n) is 0.0636. The van der Waals surface area contributed by atoms with E-state index in [1.54, 1.807) is 45.2 Å². The Hall–Kier alpha value is 1.35. The molecule has 0 aromatic heterocycles. The highest BCUT2D eigenvalue weighted by Gasteiger charge is 2.16. The van der Waals surface area contributed by atoms with Crippen molar-refractivity contribution in [2.75, 3.05) is 0 Å². The molecule has 0 saturated heterocycles. The minimum absolute atomic E-state index is 0.0794. The molecule has 0 rings (SSSR count). The molecule has 0 radical (unpaired) electrons. The van der Waals surface area contributed by atoms with Gasteiger partial charge >= 0.3 is 7.60 Å². The molecule has 0 aromatic carbocycles. The zero-order chi connectivity index (χ0) is 6.78. The van der Waals surface area contributed by atoms with Gasteiger partial charge in [0.15, 0.2) is 0 Å². The lowest BCUT2D eigenvalue weighted by Gasteiger charge is -1.97. The average molecular weight is 360 g/mol. The summed E-state index contributed by atoms with van der Waals surface area (Å²) in [6.45, 7) is 0. The monoisotopic (exact) mass is 360 g/mol. The molecular weight excluding hydrogens is 357 g/mol. The van der Waals surface area contributed by atoms with Gasteiger partial charge in [-0.3, -0.25) is 4.57 Å². The van der Waals surface area contributed by atoms with E-state index >= 15 is 0 Å². The van der Waals surface area contributed by atoms with Gasteiger partial charge in [-0.05, 0) is 26.7 Å². The smallest absolute Gasteiger partial charge is 0.321 e. The second kappa shape index (κ2) is 3.50. The van der Waals surface area contributed by atoms with Gasteiger partial charge in [0, 0.05) is 0 Å². The van der Waals surface area contributed by atoms with Crippen LogP contribution in [0.5, 0.6) is 0 Å². The Labute approximate surface area is 74.0 Å². The minimum atomic E-state index is -3.92. The Morgan fingerprint density at radius 3 is 2.00 bits per heavy atom. The first-order valence-corrected chi connectivity index (χ1v) is 5.44. The third kappa shape index (κ3) is 3.39. The Balaban J connectivity index is 4.27. The van der Waals surface area contributed by atoms with Gasteiger partial charge in [0.05, 0.1) is 0 Å². The van der Waals surface area contributed by atoms with Crippen LogP contribution in [0.2, 0.25) is 0 Å². The maximum atomic E-state index is 10.2. The van der Waals surface area contributed by atoms with Crippen molar-refractivity contribution in [2.45, 2.75) is 0 Å². The lowest BCUT2D eigenvalue weighted by molar-refractivity contribution is 0.385. The number of hydrogen-bond donors (Lipinski definition) is 2. The van der Waals surface area contributed by atoms with Crippen molar-refractivity contribution >= 4 is 52.8 Å². The molecule has 0 amide bonds. The molecule has 48 valence electrons. The Morgan fingerprint density at radius 1 is 1.62 bits per heavy atom. The van der Waals surface area contributed by atoms with Crippen LogP contribution in [-0.4, -0.2) is 9.79 Å². The number of rotatable bonds is 1. The summed E-state index contributed by atoms with van der Waals surface area (Å²) in [6, 6.07) is 0. The molecule has 0 spiro atoms. The summed E-state index contributed by atoms with van der Waals surface area (Å²) in [7, 11) is -3.92. The second-order valence-corrected chi connectivity index (χ2v) is 5.18. The Morgan fingerprint density at radius 2 is 2.00 bits per heavy atom. The maximum Gasteiger partial charge on any atom is 0.362 e. The first-order valence-electron chi connectivity index (χ1n) is 1.50. The van der Waals surface area contributed by atoms with Crippen LogP contribution >= 0.6 is 52.8 Å². The van der Waals surface area contributed by atoms with Crippen LogP contribution in [-0.2, 0) is 4.57 Å². The fraction of sp³-hybridized carbons (Fsp3) is 0. The summed E-state index contributed by atoms with van der Waals surface area (Å²) in [5, 5.41) is 0. The lowest BCUT2D eigenvalue weighted by Crippen LogP contribution is -1.72. The summed E-state index contributed by atoms with van der Waals surface area (Å²) < 4.78 is 11.6. The molecule has 2 N–H and O–H groups in total. The van der Waals surface area contributed by atoms with Gasteiger partial charge in [-0.15, -0.1) is 0 Å². The predicted octanol–water partition coefficient (Wildman–Crippen LogP) is 1.83. The first-order chi connectivity index (χ1) is 3.48. The quantitative estimate of drug-likeness (QED) is 0.555. The van der Waals surface area contributed by atoms with Crippen LogP contribution in [0.15, 0.2) is 7.40 Å². The van der Waals surface area contributed by atoms with Crippen molar-refractivity contribution in [3.63, 3.8) is 0 Å². The SMILES string of the molecule is O=P(O)(O)/C(I)=C/I. The van der Waals surface area contributed by atoms with E-state index in [-0.39, 0.29) is 3.32 Å². The van der Waals surface area contributed by atoms with Crippen LogP contribution in [0.4, 0.5) is 0 Å². The highest BCUT2D eigenvalue weighted by molar-refractivity contribution is 14.1. The standard InChI is InChI=1S/C2H3I2O3P/c3-1-2(4)8(5,6)7/h1H,(H2,5,6,7)/b2-1+. The fourth-order valence-corrected chi connectivity index (χ4v) is 1.28. The van der Waals surface area contributed by atoms with Gasteiger partial charge in [-0.2, -0.15) is 0 Å². The van der Waals surface area contributed by atoms with E-state index < -0.39 is 7.60 Å². The Bertz CT molecular complexity index is 147. The third-order valence-corrected chi connectivity index (χ3v) is 5.56. The summed E-state index contributed by atoms with van der Waals surface area (Å²) in [5.74, 6) is 0. The molecule has 0 saturated carbocycles. The molecule has 6 heteroatoms. The molecule has 0 aliphatic heterocycles. The molecule has 0 unspecified atom stereocenters. The van der Waals surface area contributed by atoms with Gasteiger partial charge in [-0.25, -0.2) is 0 Å². The molecule has 0 heterocycles. The van der Waals surface area contributed by atoms with Crippen LogP contribution in [0.3, 0.4) is 0 Å². The second-order valence-electron chi connectivity index (χ2n) is 0.976. The van der Waals surface area contributed by atoms with Gasteiger partial charge < -0.3 is 9.79 Å². The van der Waals surface area contributed by atoms with Crippen molar-refractivity contribution in [1.29, 1.82) is 0 Å². The van der Waals surface area contributed by atoms with Crippen molar-refractivity contribution in [1.82, 2.24) is 0 Å². The van der Waals surface area contributed by atoms with Gasteiger partial charge in [0.2, 0.25) is 0 Å². The molecule has 0 atom stereocenters. The van der Waals surface area contributed by atoms with Gasteiger partial charge in [0.25, 0.3) is 0 Å². The molecule has 0 aromatic rings. The highest BCUT2D eigenvalue weighted by Crippen LogP contribution is 2.49. The van der Waals surface area contributed by atoms with E-state index in [2.05, 4.69) is 0 Å². The van der Waals surface area contributed by atoms with Crippen molar-refractivity contribution in [3.05, 3.63) is 7.40 Å². The van der Waals surface area contributed by atoms with Crippen molar-refractivity contribution < 1.29 is 14.4 Å². The summed E-state index contributed by atoms with van der Waals surface area (Å²) >= 11 is 3.38. The normalized spacial score (nSPS) is 14.2. The zero-order valence-electron chi connectivity index (χ0n) is 3.58. The largest absolute Gasteiger partial charge is 0.362 e. The minimum Gasteiger partial charge on any atom is -0.321 e. The number of hydrogen-bond acceptors (Lipinski definition) is 1. The summed E-state index contributed by atoms with van der Waals surface area (Å²) in [4.78, 5) is 16.6. The molecule has 0 bridgehead atoms. The van der Waals surface area contributed by atoms with E-state index in [0.717, 1.165) is 0 Å². The summed E-state index contributed by atoms with van der Waals surface area (Å²) in [5.41, 5.74) is 0. The Kier molecular flexibility index (Phi) is 4.09. The van der Waals surface area contributed by atoms with E-state index in [1.807, 2.05) is 0 Å². The molecule has 0 fully saturated rings. The lowest BCUT2D eigenvalue weighted by atomic mass is 11.3. The highest BCUT2D eigenvalue weighted by atomic mass is 127. The van der Waals surface area contributed by atoms with Gasteiger partial charge in [-0.1, -0.05) is 22.6 Å². The molecule has 3 nitrogen and oxygen atoms in total. The molecule has 8 heavy (non-hydrogen) atoms. The topological polar surface area (TPSA) is 57.5 Å². The van der Waals surface area contributed by atoms with E-state index in [9.17, 15) is 4.57 Å². The predicted molar refractivity (Wildman–Crippen MR) is 48.2 cm³/mol. The van der Waals surface area contributed by atoms with E-state index in [4.69, 9.17) is 9.79 Å². The van der Waals surface area contributed by atoms with Crippen molar-refractivity contribution in [3.8, 4) is 0 Å². The van der Waals surface area contributed by atoms with Crippen molar-refractivity contribution in [2.24, 2.45) is 0 Å². The zero-order valence-corrected chi connectivity index (χ0v) is 8.79.